The van der Waals surface area contributed by atoms with Crippen LogP contribution in [0.4, 0.5) is 5.69 Å². The molecule has 0 bridgehead atoms. The zero-order valence-corrected chi connectivity index (χ0v) is 8.06. The van der Waals surface area contributed by atoms with E-state index in [2.05, 4.69) is 27.8 Å². The largest absolute Gasteiger partial charge is 0.398 e. The number of nitrogen functional groups attached to an aromatic ring is 1. The lowest BCUT2D eigenvalue weighted by atomic mass is 10.2. The van der Waals surface area contributed by atoms with E-state index in [1.165, 1.54) is 0 Å². The minimum atomic E-state index is 0.767. The Morgan fingerprint density at radius 2 is 2.36 bits per heavy atom. The first-order chi connectivity index (χ1) is 5.25. The van der Waals surface area contributed by atoms with Crippen LogP contribution in [0.5, 0.6) is 0 Å². The highest BCUT2D eigenvalue weighted by atomic mass is 79.9. The molecule has 0 aromatic carbocycles. The quantitative estimate of drug-likeness (QED) is 0.822. The van der Waals surface area contributed by atoms with E-state index < -0.39 is 0 Å². The Kier molecular flexibility index (Phi) is 2.88. The highest BCUT2D eigenvalue weighted by Crippen LogP contribution is 2.22. The third-order valence-electron chi connectivity index (χ3n) is 1.48. The van der Waals surface area contributed by atoms with Gasteiger partial charge in [-0.3, -0.25) is 4.98 Å². The van der Waals surface area contributed by atoms with E-state index in [9.17, 15) is 0 Å². The molecule has 0 amide bonds. The standard InChI is InChI=1S/C8H11BrN2/c1-2-3-7-8(9)6(10)4-5-11-7/h4-5H,2-3H2,1H3,(H2,10,11). The van der Waals surface area contributed by atoms with Crippen LogP contribution in [0.25, 0.3) is 0 Å². The molecule has 0 fully saturated rings. The fraction of sp³-hybridized carbons (Fsp3) is 0.375. The van der Waals surface area contributed by atoms with Crippen molar-refractivity contribution in [2.75, 3.05) is 5.73 Å². The Hall–Kier alpha value is -0.570. The summed E-state index contributed by atoms with van der Waals surface area (Å²) in [5.74, 6) is 0. The SMILES string of the molecule is CCCc1nccc(N)c1Br. The Morgan fingerprint density at radius 3 is 3.00 bits per heavy atom. The number of aromatic nitrogens is 1. The van der Waals surface area contributed by atoms with Crippen molar-refractivity contribution >= 4 is 21.6 Å². The number of hydrogen-bond donors (Lipinski definition) is 1. The van der Waals surface area contributed by atoms with Gasteiger partial charge in [0.25, 0.3) is 0 Å². The van der Waals surface area contributed by atoms with Gasteiger partial charge in [0.1, 0.15) is 0 Å². The third-order valence-corrected chi connectivity index (χ3v) is 2.39. The first-order valence-electron chi connectivity index (χ1n) is 3.64. The van der Waals surface area contributed by atoms with E-state index in [0.717, 1.165) is 28.7 Å². The molecule has 11 heavy (non-hydrogen) atoms. The molecule has 3 heteroatoms. The minimum absolute atomic E-state index is 0.767. The van der Waals surface area contributed by atoms with Crippen LogP contribution in [0.15, 0.2) is 16.7 Å². The molecule has 0 radical (unpaired) electrons. The summed E-state index contributed by atoms with van der Waals surface area (Å²) in [4.78, 5) is 4.20. The minimum Gasteiger partial charge on any atom is -0.398 e. The molecular weight excluding hydrogens is 204 g/mol. The maximum Gasteiger partial charge on any atom is 0.0620 e. The van der Waals surface area contributed by atoms with E-state index in [-0.39, 0.29) is 0 Å². The molecule has 0 aliphatic heterocycles. The number of rotatable bonds is 2. The molecule has 0 saturated heterocycles. The van der Waals surface area contributed by atoms with Gasteiger partial charge in [-0.05, 0) is 28.4 Å². The number of nitrogens with two attached hydrogens (primary N) is 1. The fourth-order valence-corrected chi connectivity index (χ4v) is 1.35. The van der Waals surface area contributed by atoms with Crippen molar-refractivity contribution in [3.63, 3.8) is 0 Å². The fourth-order valence-electron chi connectivity index (χ4n) is 0.915. The molecule has 0 aliphatic carbocycles. The van der Waals surface area contributed by atoms with Gasteiger partial charge in [-0.25, -0.2) is 0 Å². The number of nitrogens with zero attached hydrogens (tertiary/aromatic N) is 1. The molecule has 2 nitrogen and oxygen atoms in total. The summed E-state index contributed by atoms with van der Waals surface area (Å²) < 4.78 is 0.946. The summed E-state index contributed by atoms with van der Waals surface area (Å²) in [5.41, 5.74) is 7.48. The first-order valence-corrected chi connectivity index (χ1v) is 4.44. The normalized spacial score (nSPS) is 10.0. The molecule has 0 spiro atoms. The monoisotopic (exact) mass is 214 g/mol. The van der Waals surface area contributed by atoms with Crippen LogP contribution in [0.1, 0.15) is 19.0 Å². The van der Waals surface area contributed by atoms with Crippen LogP contribution in [-0.2, 0) is 6.42 Å². The van der Waals surface area contributed by atoms with E-state index in [1.54, 1.807) is 12.3 Å². The molecule has 60 valence electrons. The van der Waals surface area contributed by atoms with E-state index in [4.69, 9.17) is 5.73 Å². The van der Waals surface area contributed by atoms with Crippen molar-refractivity contribution in [2.45, 2.75) is 19.8 Å². The molecule has 2 N–H and O–H groups in total. The van der Waals surface area contributed by atoms with Crippen molar-refractivity contribution in [2.24, 2.45) is 0 Å². The second kappa shape index (κ2) is 3.72. The average molecular weight is 215 g/mol. The zero-order valence-electron chi connectivity index (χ0n) is 6.47. The zero-order chi connectivity index (χ0) is 8.27. The number of anilines is 1. The number of hydrogen-bond acceptors (Lipinski definition) is 2. The van der Waals surface area contributed by atoms with Gasteiger partial charge in [0.15, 0.2) is 0 Å². The summed E-state index contributed by atoms with van der Waals surface area (Å²) >= 11 is 3.39. The Balaban J connectivity index is 2.96. The summed E-state index contributed by atoms with van der Waals surface area (Å²) in [7, 11) is 0. The van der Waals surface area contributed by atoms with Gasteiger partial charge in [0.05, 0.1) is 10.2 Å². The Labute approximate surface area is 75.0 Å². The Bertz CT molecular complexity index is 248. The van der Waals surface area contributed by atoms with Crippen molar-refractivity contribution in [1.82, 2.24) is 4.98 Å². The summed E-state index contributed by atoms with van der Waals surface area (Å²) in [6, 6.07) is 1.79. The summed E-state index contributed by atoms with van der Waals surface area (Å²) in [6.45, 7) is 2.12. The molecule has 1 rings (SSSR count). The van der Waals surface area contributed by atoms with Crippen LogP contribution in [0.2, 0.25) is 0 Å². The van der Waals surface area contributed by atoms with Gasteiger partial charge in [0, 0.05) is 11.9 Å². The predicted octanol–water partition coefficient (Wildman–Crippen LogP) is 2.38. The molecule has 0 saturated carbocycles. The van der Waals surface area contributed by atoms with Gasteiger partial charge in [-0.1, -0.05) is 13.3 Å². The van der Waals surface area contributed by atoms with Gasteiger partial charge in [-0.15, -0.1) is 0 Å². The highest BCUT2D eigenvalue weighted by Gasteiger charge is 2.01. The Morgan fingerprint density at radius 1 is 1.64 bits per heavy atom. The molecule has 1 aromatic rings. The number of pyridine rings is 1. The molecule has 1 heterocycles. The maximum absolute atomic E-state index is 5.66. The average Bonchev–Trinajstić information content (AvgIpc) is 1.99. The highest BCUT2D eigenvalue weighted by molar-refractivity contribution is 9.10. The molecule has 1 aromatic heterocycles. The van der Waals surface area contributed by atoms with Crippen molar-refractivity contribution < 1.29 is 0 Å². The van der Waals surface area contributed by atoms with Crippen LogP contribution >= 0.6 is 15.9 Å². The van der Waals surface area contributed by atoms with Crippen LogP contribution in [0, 0.1) is 0 Å². The van der Waals surface area contributed by atoms with E-state index in [0.29, 0.717) is 0 Å². The maximum atomic E-state index is 5.66. The van der Waals surface area contributed by atoms with Gasteiger partial charge < -0.3 is 5.73 Å². The van der Waals surface area contributed by atoms with Crippen LogP contribution < -0.4 is 5.73 Å². The molecular formula is C8H11BrN2. The number of aryl methyl sites for hydroxylation is 1. The van der Waals surface area contributed by atoms with Crippen molar-refractivity contribution in [3.05, 3.63) is 22.4 Å². The molecule has 0 atom stereocenters. The number of halogens is 1. The van der Waals surface area contributed by atoms with E-state index >= 15 is 0 Å². The lowest BCUT2D eigenvalue weighted by Gasteiger charge is -2.02. The third kappa shape index (κ3) is 1.93. The second-order valence-electron chi connectivity index (χ2n) is 2.41. The molecule has 0 aliphatic rings. The van der Waals surface area contributed by atoms with Crippen molar-refractivity contribution in [1.29, 1.82) is 0 Å². The van der Waals surface area contributed by atoms with Gasteiger partial charge in [-0.2, -0.15) is 0 Å². The smallest absolute Gasteiger partial charge is 0.0620 e. The first kappa shape index (κ1) is 8.53. The lowest BCUT2D eigenvalue weighted by molar-refractivity contribution is 0.877. The van der Waals surface area contributed by atoms with Crippen LogP contribution in [0.3, 0.4) is 0 Å². The van der Waals surface area contributed by atoms with Gasteiger partial charge in [0.2, 0.25) is 0 Å². The predicted molar refractivity (Wildman–Crippen MR) is 50.3 cm³/mol. The summed E-state index contributed by atoms with van der Waals surface area (Å²) in [6.07, 6.45) is 3.81. The van der Waals surface area contributed by atoms with E-state index in [1.807, 2.05) is 0 Å². The van der Waals surface area contributed by atoms with Gasteiger partial charge >= 0.3 is 0 Å². The van der Waals surface area contributed by atoms with Crippen molar-refractivity contribution in [3.8, 4) is 0 Å². The molecule has 0 unspecified atom stereocenters. The van der Waals surface area contributed by atoms with Crippen LogP contribution in [-0.4, -0.2) is 4.98 Å². The lowest BCUT2D eigenvalue weighted by Crippen LogP contribution is -1.95. The summed E-state index contributed by atoms with van der Waals surface area (Å²) in [5, 5.41) is 0. The topological polar surface area (TPSA) is 38.9 Å². The second-order valence-corrected chi connectivity index (χ2v) is 3.20.